The molecule has 0 radical (unpaired) electrons. The predicted molar refractivity (Wildman–Crippen MR) is 84.8 cm³/mol. The second kappa shape index (κ2) is 5.88. The predicted octanol–water partition coefficient (Wildman–Crippen LogP) is 1.74. The lowest BCUT2D eigenvalue weighted by Gasteiger charge is -2.35. The van der Waals surface area contributed by atoms with Gasteiger partial charge in [0.1, 0.15) is 5.54 Å². The Hall–Kier alpha value is -0.610. The molecule has 0 aromatic heterocycles. The highest BCUT2D eigenvalue weighted by Crippen LogP contribution is 2.41. The molecule has 3 aliphatic rings. The van der Waals surface area contributed by atoms with Crippen LogP contribution in [-0.2, 0) is 4.79 Å². The lowest BCUT2D eigenvalue weighted by Crippen LogP contribution is -2.59. The fourth-order valence-electron chi connectivity index (χ4n) is 4.17. The van der Waals surface area contributed by atoms with Gasteiger partial charge in [-0.1, -0.05) is 13.3 Å². The van der Waals surface area contributed by atoms with Gasteiger partial charge in [0.05, 0.1) is 0 Å². The van der Waals surface area contributed by atoms with Gasteiger partial charge in [-0.25, -0.2) is 0 Å². The van der Waals surface area contributed by atoms with E-state index in [1.807, 2.05) is 0 Å². The number of nitrogens with zero attached hydrogens (tertiary/aromatic N) is 1. The smallest absolute Gasteiger partial charge is 0.238 e. The quantitative estimate of drug-likeness (QED) is 0.717. The number of carbonyl (C=O) groups excluding carboxylic acids is 1. The average Bonchev–Trinajstić information content (AvgIpc) is 3.31. The molecular weight excluding hydrogens is 262 g/mol. The molecule has 21 heavy (non-hydrogen) atoms. The van der Waals surface area contributed by atoms with Crippen molar-refractivity contribution in [3.05, 3.63) is 0 Å². The first-order valence-electron chi connectivity index (χ1n) is 8.77. The summed E-state index contributed by atoms with van der Waals surface area (Å²) < 4.78 is 0. The largest absolute Gasteiger partial charge is 0.368 e. The number of nitrogens with one attached hydrogen (secondary N) is 1. The highest BCUT2D eigenvalue weighted by molar-refractivity contribution is 5.85. The van der Waals surface area contributed by atoms with E-state index in [2.05, 4.69) is 24.2 Å². The van der Waals surface area contributed by atoms with Crippen molar-refractivity contribution in [1.82, 2.24) is 10.2 Å². The van der Waals surface area contributed by atoms with Gasteiger partial charge in [0, 0.05) is 12.6 Å². The van der Waals surface area contributed by atoms with E-state index in [0.717, 1.165) is 44.1 Å². The molecule has 4 nitrogen and oxygen atoms in total. The molecule has 3 fully saturated rings. The van der Waals surface area contributed by atoms with E-state index in [4.69, 9.17) is 5.73 Å². The van der Waals surface area contributed by atoms with Gasteiger partial charge in [-0.15, -0.1) is 0 Å². The first-order valence-corrected chi connectivity index (χ1v) is 8.77. The molecule has 3 saturated carbocycles. The van der Waals surface area contributed by atoms with Crippen LogP contribution in [0.1, 0.15) is 51.9 Å². The van der Waals surface area contributed by atoms with Gasteiger partial charge in [0.25, 0.3) is 0 Å². The van der Waals surface area contributed by atoms with Crippen LogP contribution in [0.5, 0.6) is 0 Å². The van der Waals surface area contributed by atoms with Crippen LogP contribution in [0.25, 0.3) is 0 Å². The van der Waals surface area contributed by atoms with Crippen LogP contribution in [0.3, 0.4) is 0 Å². The summed E-state index contributed by atoms with van der Waals surface area (Å²) in [6.07, 6.45) is 8.13. The van der Waals surface area contributed by atoms with Gasteiger partial charge >= 0.3 is 0 Å². The van der Waals surface area contributed by atoms with Crippen molar-refractivity contribution in [2.45, 2.75) is 63.5 Å². The summed E-state index contributed by atoms with van der Waals surface area (Å²) in [5, 5.41) is 3.61. The summed E-state index contributed by atoms with van der Waals surface area (Å²) in [5.41, 5.74) is 5.39. The van der Waals surface area contributed by atoms with Gasteiger partial charge < -0.3 is 16.0 Å². The summed E-state index contributed by atoms with van der Waals surface area (Å²) >= 11 is 0. The Labute approximate surface area is 128 Å². The third kappa shape index (κ3) is 3.42. The molecule has 3 N–H and O–H groups in total. The first kappa shape index (κ1) is 15.3. The van der Waals surface area contributed by atoms with Gasteiger partial charge in [-0.2, -0.15) is 0 Å². The van der Waals surface area contributed by atoms with Crippen LogP contribution in [0.2, 0.25) is 0 Å². The van der Waals surface area contributed by atoms with Crippen molar-refractivity contribution in [2.75, 3.05) is 20.1 Å². The summed E-state index contributed by atoms with van der Waals surface area (Å²) in [7, 11) is 2.22. The molecular formula is C17H31N3O. The zero-order chi connectivity index (χ0) is 15.0. The van der Waals surface area contributed by atoms with E-state index < -0.39 is 5.54 Å². The topological polar surface area (TPSA) is 58.4 Å². The number of rotatable bonds is 8. The zero-order valence-electron chi connectivity index (χ0n) is 13.6. The van der Waals surface area contributed by atoms with Crippen molar-refractivity contribution >= 4 is 5.91 Å². The molecule has 4 unspecified atom stereocenters. The molecule has 3 aliphatic carbocycles. The number of carbonyl (C=O) groups is 1. The Kier molecular flexibility index (Phi) is 4.28. The zero-order valence-corrected chi connectivity index (χ0v) is 13.6. The fourth-order valence-corrected chi connectivity index (χ4v) is 4.17. The highest BCUT2D eigenvalue weighted by Gasteiger charge is 2.49. The molecule has 1 amide bonds. The molecule has 4 heteroatoms. The Morgan fingerprint density at radius 3 is 2.67 bits per heavy atom. The molecule has 120 valence electrons. The van der Waals surface area contributed by atoms with E-state index in [1.54, 1.807) is 0 Å². The molecule has 0 bridgehead atoms. The second-order valence-corrected chi connectivity index (χ2v) is 7.87. The minimum atomic E-state index is -0.408. The summed E-state index contributed by atoms with van der Waals surface area (Å²) in [6, 6.07) is 0.545. The SMILES string of the molecule is CC1CC1CN(C)CCC1CCCC1(NC1CC1)C(N)=O. The number of hydrogen-bond acceptors (Lipinski definition) is 3. The molecule has 3 rings (SSSR count). The van der Waals surface area contributed by atoms with Crippen molar-refractivity contribution in [3.8, 4) is 0 Å². The second-order valence-electron chi connectivity index (χ2n) is 7.87. The molecule has 4 atom stereocenters. The Bertz CT molecular complexity index is 395. The molecule has 0 spiro atoms. The Morgan fingerprint density at radius 2 is 2.10 bits per heavy atom. The number of hydrogen-bond donors (Lipinski definition) is 2. The average molecular weight is 293 g/mol. The molecule has 0 aromatic rings. The Balaban J connectivity index is 1.53. The third-order valence-corrected chi connectivity index (χ3v) is 5.98. The van der Waals surface area contributed by atoms with Crippen LogP contribution in [-0.4, -0.2) is 42.5 Å². The maximum atomic E-state index is 12.1. The Morgan fingerprint density at radius 1 is 1.38 bits per heavy atom. The minimum Gasteiger partial charge on any atom is -0.368 e. The van der Waals surface area contributed by atoms with Gasteiger partial charge in [0.2, 0.25) is 5.91 Å². The molecule has 0 aromatic carbocycles. The van der Waals surface area contributed by atoms with Gasteiger partial charge in [-0.3, -0.25) is 4.79 Å². The monoisotopic (exact) mass is 293 g/mol. The van der Waals surface area contributed by atoms with E-state index >= 15 is 0 Å². The van der Waals surface area contributed by atoms with E-state index in [9.17, 15) is 4.79 Å². The normalized spacial score (nSPS) is 38.9. The van der Waals surface area contributed by atoms with Crippen molar-refractivity contribution < 1.29 is 4.79 Å². The fraction of sp³-hybridized carbons (Fsp3) is 0.941. The van der Waals surface area contributed by atoms with E-state index in [-0.39, 0.29) is 5.91 Å². The summed E-state index contributed by atoms with van der Waals surface area (Å²) in [5.74, 6) is 2.13. The van der Waals surface area contributed by atoms with Crippen LogP contribution >= 0.6 is 0 Å². The first-order chi connectivity index (χ1) is 10.0. The van der Waals surface area contributed by atoms with Crippen molar-refractivity contribution in [1.29, 1.82) is 0 Å². The van der Waals surface area contributed by atoms with Crippen LogP contribution in [0.4, 0.5) is 0 Å². The van der Waals surface area contributed by atoms with Crippen molar-refractivity contribution in [2.24, 2.45) is 23.5 Å². The number of primary amides is 1. The lowest BCUT2D eigenvalue weighted by molar-refractivity contribution is -0.126. The van der Waals surface area contributed by atoms with Crippen LogP contribution < -0.4 is 11.1 Å². The summed E-state index contributed by atoms with van der Waals surface area (Å²) in [4.78, 5) is 14.6. The molecule has 0 aliphatic heterocycles. The number of nitrogens with two attached hydrogens (primary N) is 1. The highest BCUT2D eigenvalue weighted by atomic mass is 16.1. The molecule has 0 saturated heterocycles. The maximum absolute atomic E-state index is 12.1. The maximum Gasteiger partial charge on any atom is 0.238 e. The van der Waals surface area contributed by atoms with E-state index in [0.29, 0.717) is 12.0 Å². The van der Waals surface area contributed by atoms with E-state index in [1.165, 1.54) is 25.8 Å². The standard InChI is InChI=1S/C17H31N3O/c1-12-10-13(12)11-20(2)9-7-14-4-3-8-17(14,16(18)21)19-15-5-6-15/h12-15,19H,3-11H2,1-2H3,(H2,18,21). The minimum absolute atomic E-state index is 0.115. The van der Waals surface area contributed by atoms with Gasteiger partial charge in [-0.05, 0) is 69.9 Å². The lowest BCUT2D eigenvalue weighted by atomic mass is 9.83. The van der Waals surface area contributed by atoms with Gasteiger partial charge in [0.15, 0.2) is 0 Å². The third-order valence-electron chi connectivity index (χ3n) is 5.98. The van der Waals surface area contributed by atoms with Crippen molar-refractivity contribution in [3.63, 3.8) is 0 Å². The van der Waals surface area contributed by atoms with Crippen LogP contribution in [0, 0.1) is 17.8 Å². The number of amides is 1. The summed E-state index contributed by atoms with van der Waals surface area (Å²) in [6.45, 7) is 4.65. The molecule has 0 heterocycles. The van der Waals surface area contributed by atoms with Crippen LogP contribution in [0.15, 0.2) is 0 Å².